The number of ether oxygens (including phenoxy) is 2. The molecule has 1 aliphatic carbocycles. The van der Waals surface area contributed by atoms with Crippen LogP contribution < -0.4 is 14.8 Å². The minimum Gasteiger partial charge on any atom is -0.490 e. The lowest BCUT2D eigenvalue weighted by atomic mass is 10.2. The number of anilines is 1. The predicted molar refractivity (Wildman–Crippen MR) is 106 cm³/mol. The third kappa shape index (κ3) is 4.56. The van der Waals surface area contributed by atoms with Crippen molar-refractivity contribution in [3.05, 3.63) is 52.8 Å². The van der Waals surface area contributed by atoms with E-state index in [-0.39, 0.29) is 24.3 Å². The summed E-state index contributed by atoms with van der Waals surface area (Å²) in [5.41, 5.74) is 1.08. The predicted octanol–water partition coefficient (Wildman–Crippen LogP) is 4.24. The molecule has 0 spiro atoms. The molecule has 1 N–H and O–H groups in total. The van der Waals surface area contributed by atoms with E-state index in [4.69, 9.17) is 21.1 Å². The summed E-state index contributed by atoms with van der Waals surface area (Å²) in [6, 6.07) is 10.3. The molecule has 2 aliphatic rings. The van der Waals surface area contributed by atoms with Gasteiger partial charge in [-0.1, -0.05) is 17.7 Å². The second-order valence-corrected chi connectivity index (χ2v) is 7.50. The lowest BCUT2D eigenvalue weighted by molar-refractivity contribution is -0.117. The highest BCUT2D eigenvalue weighted by molar-refractivity contribution is 6.31. The normalized spacial score (nSPS) is 16.0. The number of carbonyl (C=O) groups is 1. The molecule has 148 valence electrons. The van der Waals surface area contributed by atoms with Gasteiger partial charge in [0.1, 0.15) is 5.82 Å². The third-order valence-electron chi connectivity index (χ3n) is 4.86. The molecular weight excluding hydrogens is 383 g/mol. The highest BCUT2D eigenvalue weighted by Gasteiger charge is 2.31. The molecule has 0 aromatic heterocycles. The number of benzene rings is 2. The van der Waals surface area contributed by atoms with Crippen LogP contribution in [0.4, 0.5) is 10.1 Å². The van der Waals surface area contributed by atoms with E-state index in [1.165, 1.54) is 6.07 Å². The van der Waals surface area contributed by atoms with E-state index in [9.17, 15) is 9.18 Å². The Morgan fingerprint density at radius 2 is 1.96 bits per heavy atom. The molecular formula is C21H22ClFN2O3. The second-order valence-electron chi connectivity index (χ2n) is 7.10. The molecule has 4 rings (SSSR count). The molecule has 0 radical (unpaired) electrons. The van der Waals surface area contributed by atoms with Crippen LogP contribution in [-0.4, -0.2) is 36.6 Å². The van der Waals surface area contributed by atoms with Crippen LogP contribution in [0.5, 0.6) is 11.5 Å². The van der Waals surface area contributed by atoms with Crippen molar-refractivity contribution in [2.75, 3.05) is 25.1 Å². The van der Waals surface area contributed by atoms with Crippen molar-refractivity contribution in [1.29, 1.82) is 0 Å². The van der Waals surface area contributed by atoms with Gasteiger partial charge in [0, 0.05) is 41.3 Å². The van der Waals surface area contributed by atoms with Gasteiger partial charge < -0.3 is 14.8 Å². The first-order chi connectivity index (χ1) is 13.6. The molecule has 7 heteroatoms. The minimum atomic E-state index is -0.346. The van der Waals surface area contributed by atoms with Crippen LogP contribution in [0.15, 0.2) is 36.4 Å². The van der Waals surface area contributed by atoms with Crippen molar-refractivity contribution in [2.45, 2.75) is 31.8 Å². The maximum atomic E-state index is 14.1. The van der Waals surface area contributed by atoms with Gasteiger partial charge in [-0.2, -0.15) is 0 Å². The van der Waals surface area contributed by atoms with Gasteiger partial charge in [-0.15, -0.1) is 0 Å². The maximum Gasteiger partial charge on any atom is 0.238 e. The molecule has 1 fully saturated rings. The van der Waals surface area contributed by atoms with E-state index >= 15 is 0 Å². The van der Waals surface area contributed by atoms with Gasteiger partial charge in [0.15, 0.2) is 11.5 Å². The number of hydrogen-bond acceptors (Lipinski definition) is 4. The van der Waals surface area contributed by atoms with E-state index in [1.54, 1.807) is 30.3 Å². The highest BCUT2D eigenvalue weighted by atomic mass is 35.5. The second kappa shape index (κ2) is 8.37. The molecule has 2 aromatic rings. The van der Waals surface area contributed by atoms with Crippen molar-refractivity contribution in [3.63, 3.8) is 0 Å². The molecule has 0 saturated heterocycles. The Morgan fingerprint density at radius 3 is 2.71 bits per heavy atom. The fourth-order valence-corrected chi connectivity index (χ4v) is 3.49. The van der Waals surface area contributed by atoms with Gasteiger partial charge in [-0.05, 0) is 37.1 Å². The Balaban J connectivity index is 1.42. The molecule has 1 saturated carbocycles. The topological polar surface area (TPSA) is 50.8 Å². The number of nitrogens with one attached hydrogen (secondary N) is 1. The molecule has 0 atom stereocenters. The smallest absolute Gasteiger partial charge is 0.238 e. The first-order valence-electron chi connectivity index (χ1n) is 9.46. The van der Waals surface area contributed by atoms with E-state index in [0.29, 0.717) is 47.5 Å². The van der Waals surface area contributed by atoms with E-state index in [0.717, 1.165) is 19.3 Å². The van der Waals surface area contributed by atoms with Gasteiger partial charge in [0.05, 0.1) is 19.8 Å². The SMILES string of the molecule is O=C(CN(Cc1c(F)cccc1Cl)C1CC1)Nc1ccc2c(c1)OCCCO2. The monoisotopic (exact) mass is 404 g/mol. The number of nitrogens with zero attached hydrogens (tertiary/aromatic N) is 1. The number of rotatable bonds is 6. The number of fused-ring (bicyclic) bond motifs is 1. The van der Waals surface area contributed by atoms with Crippen molar-refractivity contribution in [1.82, 2.24) is 4.90 Å². The molecule has 28 heavy (non-hydrogen) atoms. The molecule has 1 amide bonds. The van der Waals surface area contributed by atoms with Crippen LogP contribution in [0.25, 0.3) is 0 Å². The van der Waals surface area contributed by atoms with Crippen molar-refractivity contribution in [3.8, 4) is 11.5 Å². The van der Waals surface area contributed by atoms with Gasteiger partial charge >= 0.3 is 0 Å². The summed E-state index contributed by atoms with van der Waals surface area (Å²) >= 11 is 6.15. The van der Waals surface area contributed by atoms with Crippen LogP contribution >= 0.6 is 11.6 Å². The Labute approximate surface area is 168 Å². The molecule has 2 aromatic carbocycles. The van der Waals surface area contributed by atoms with Crippen molar-refractivity contribution >= 4 is 23.2 Å². The molecule has 5 nitrogen and oxygen atoms in total. The average molecular weight is 405 g/mol. The Kier molecular flexibility index (Phi) is 5.69. The summed E-state index contributed by atoms with van der Waals surface area (Å²) in [6.45, 7) is 1.69. The van der Waals surface area contributed by atoms with Crippen LogP contribution in [0.1, 0.15) is 24.8 Å². The number of amides is 1. The Bertz CT molecular complexity index is 852. The summed E-state index contributed by atoms with van der Waals surface area (Å²) in [5.74, 6) is 0.812. The summed E-state index contributed by atoms with van der Waals surface area (Å²) in [5, 5.41) is 3.28. The lowest BCUT2D eigenvalue weighted by Crippen LogP contribution is -2.34. The Morgan fingerprint density at radius 1 is 1.18 bits per heavy atom. The maximum absolute atomic E-state index is 14.1. The standard InChI is InChI=1S/C21H22ClFN2O3/c22-17-3-1-4-18(23)16(17)12-25(15-6-7-15)13-21(26)24-14-5-8-19-20(11-14)28-10-2-9-27-19/h1,3-5,8,11,15H,2,6-7,9-10,12-13H2,(H,24,26). The van der Waals surface area contributed by atoms with Crippen LogP contribution in [0, 0.1) is 5.82 Å². The summed E-state index contributed by atoms with van der Waals surface area (Å²) < 4.78 is 25.4. The summed E-state index contributed by atoms with van der Waals surface area (Å²) in [6.07, 6.45) is 2.83. The zero-order chi connectivity index (χ0) is 19.5. The summed E-state index contributed by atoms with van der Waals surface area (Å²) in [4.78, 5) is 14.6. The van der Waals surface area contributed by atoms with Crippen molar-refractivity contribution in [2.24, 2.45) is 0 Å². The molecule has 0 bridgehead atoms. The van der Waals surface area contributed by atoms with Gasteiger partial charge in [0.2, 0.25) is 5.91 Å². The lowest BCUT2D eigenvalue weighted by Gasteiger charge is -2.22. The Hall–Kier alpha value is -2.31. The summed E-state index contributed by atoms with van der Waals surface area (Å²) in [7, 11) is 0. The first kappa shape index (κ1) is 19.0. The van der Waals surface area contributed by atoms with Crippen LogP contribution in [-0.2, 0) is 11.3 Å². The first-order valence-corrected chi connectivity index (χ1v) is 9.84. The van der Waals surface area contributed by atoms with Gasteiger partial charge in [-0.3, -0.25) is 9.69 Å². The third-order valence-corrected chi connectivity index (χ3v) is 5.22. The fraction of sp³-hybridized carbons (Fsp3) is 0.381. The zero-order valence-electron chi connectivity index (χ0n) is 15.4. The largest absolute Gasteiger partial charge is 0.490 e. The van der Waals surface area contributed by atoms with Gasteiger partial charge in [0.25, 0.3) is 0 Å². The van der Waals surface area contributed by atoms with Gasteiger partial charge in [-0.25, -0.2) is 4.39 Å². The molecule has 1 aliphatic heterocycles. The fourth-order valence-electron chi connectivity index (χ4n) is 3.27. The molecule has 1 heterocycles. The number of carbonyl (C=O) groups excluding carboxylic acids is 1. The average Bonchev–Trinajstić information content (AvgIpc) is 3.50. The zero-order valence-corrected chi connectivity index (χ0v) is 16.2. The number of halogens is 2. The number of hydrogen-bond donors (Lipinski definition) is 1. The highest BCUT2D eigenvalue weighted by Crippen LogP contribution is 2.33. The van der Waals surface area contributed by atoms with E-state index in [2.05, 4.69) is 5.32 Å². The van der Waals surface area contributed by atoms with Crippen molar-refractivity contribution < 1.29 is 18.7 Å². The van der Waals surface area contributed by atoms with Crippen LogP contribution in [0.2, 0.25) is 5.02 Å². The van der Waals surface area contributed by atoms with Crippen LogP contribution in [0.3, 0.4) is 0 Å². The van der Waals surface area contributed by atoms with E-state index < -0.39 is 0 Å². The molecule has 0 unspecified atom stereocenters. The quantitative estimate of drug-likeness (QED) is 0.782. The minimum absolute atomic E-state index is 0.158. The van der Waals surface area contributed by atoms with E-state index in [1.807, 2.05) is 4.90 Å².